The number of nitrogens with one attached hydrogen (secondary N) is 1. The number of esters is 2. The lowest BCUT2D eigenvalue weighted by molar-refractivity contribution is -0.146. The van der Waals surface area contributed by atoms with Gasteiger partial charge in [-0.1, -0.05) is 26.7 Å². The van der Waals surface area contributed by atoms with Crippen LogP contribution in [0.15, 0.2) is 0 Å². The summed E-state index contributed by atoms with van der Waals surface area (Å²) in [5.74, 6) is -0.849. The SMILES string of the molecule is CCCCOC(=O)CC[C@H](Nc1nc(Cl)nc(Cl)n1)C(=O)OCCCC. The quantitative estimate of drug-likeness (QED) is 0.415. The highest BCUT2D eigenvalue weighted by molar-refractivity contribution is 6.31. The van der Waals surface area contributed by atoms with Crippen LogP contribution in [0.25, 0.3) is 0 Å². The van der Waals surface area contributed by atoms with Crippen molar-refractivity contribution in [3.8, 4) is 0 Å². The molecule has 0 aromatic carbocycles. The molecule has 0 aliphatic rings. The predicted molar refractivity (Wildman–Crippen MR) is 98.2 cm³/mol. The molecular weight excluding hydrogens is 383 g/mol. The van der Waals surface area contributed by atoms with E-state index in [9.17, 15) is 9.59 Å². The van der Waals surface area contributed by atoms with E-state index in [4.69, 9.17) is 32.7 Å². The molecule has 1 aromatic rings. The van der Waals surface area contributed by atoms with Gasteiger partial charge in [0.15, 0.2) is 0 Å². The van der Waals surface area contributed by atoms with Crippen molar-refractivity contribution < 1.29 is 19.1 Å². The van der Waals surface area contributed by atoms with Gasteiger partial charge >= 0.3 is 11.9 Å². The summed E-state index contributed by atoms with van der Waals surface area (Å²) in [4.78, 5) is 35.4. The summed E-state index contributed by atoms with van der Waals surface area (Å²) in [6.45, 7) is 4.66. The molecule has 1 N–H and O–H groups in total. The highest BCUT2D eigenvalue weighted by Crippen LogP contribution is 2.13. The Hall–Kier alpha value is -1.67. The zero-order valence-corrected chi connectivity index (χ0v) is 16.5. The molecule has 10 heteroatoms. The van der Waals surface area contributed by atoms with Crippen LogP contribution in [0.3, 0.4) is 0 Å². The third kappa shape index (κ3) is 9.15. The van der Waals surface area contributed by atoms with E-state index >= 15 is 0 Å². The second kappa shape index (κ2) is 12.6. The van der Waals surface area contributed by atoms with E-state index in [-0.39, 0.29) is 35.3 Å². The first-order chi connectivity index (χ1) is 12.5. The second-order valence-electron chi connectivity index (χ2n) is 5.53. The van der Waals surface area contributed by atoms with Gasteiger partial charge in [0, 0.05) is 6.42 Å². The average Bonchev–Trinajstić information content (AvgIpc) is 2.58. The van der Waals surface area contributed by atoms with Gasteiger partial charge in [0.05, 0.1) is 13.2 Å². The largest absolute Gasteiger partial charge is 0.466 e. The Morgan fingerprint density at radius 1 is 1.00 bits per heavy atom. The number of carbonyl (C=O) groups is 2. The van der Waals surface area contributed by atoms with Crippen LogP contribution in [0.1, 0.15) is 52.4 Å². The third-order valence-electron chi connectivity index (χ3n) is 3.31. The van der Waals surface area contributed by atoms with Crippen molar-refractivity contribution in [2.45, 2.75) is 58.4 Å². The zero-order chi connectivity index (χ0) is 19.4. The maximum Gasteiger partial charge on any atom is 0.328 e. The highest BCUT2D eigenvalue weighted by atomic mass is 35.5. The summed E-state index contributed by atoms with van der Waals surface area (Å²) in [5, 5.41) is 2.58. The lowest BCUT2D eigenvalue weighted by atomic mass is 10.1. The minimum atomic E-state index is -0.833. The number of ether oxygens (including phenoxy) is 2. The Balaban J connectivity index is 2.68. The molecule has 0 radical (unpaired) electrons. The van der Waals surface area contributed by atoms with E-state index < -0.39 is 12.0 Å². The molecule has 0 saturated carbocycles. The molecule has 0 aliphatic heterocycles. The van der Waals surface area contributed by atoms with Crippen LogP contribution >= 0.6 is 23.2 Å². The van der Waals surface area contributed by atoms with Gasteiger partial charge in [-0.3, -0.25) is 4.79 Å². The number of unbranched alkanes of at least 4 members (excludes halogenated alkanes) is 2. The number of rotatable bonds is 12. The normalized spacial score (nSPS) is 11.7. The summed E-state index contributed by atoms with van der Waals surface area (Å²) in [6, 6.07) is -0.833. The maximum atomic E-state index is 12.3. The standard InChI is InChI=1S/C16H24Cl2N4O4/c1-3-5-9-25-12(23)8-7-11(13(24)26-10-6-4-2)19-16-21-14(17)20-15(18)22-16/h11H,3-10H2,1-2H3,(H,19,20,21,22)/t11-/m0/s1. The first kappa shape index (κ1) is 22.4. The van der Waals surface area contributed by atoms with Crippen LogP contribution in [-0.2, 0) is 19.1 Å². The van der Waals surface area contributed by atoms with E-state index in [2.05, 4.69) is 20.3 Å². The molecule has 8 nitrogen and oxygen atoms in total. The minimum absolute atomic E-state index is 0.0341. The van der Waals surface area contributed by atoms with Crippen molar-refractivity contribution in [1.29, 1.82) is 0 Å². The highest BCUT2D eigenvalue weighted by Gasteiger charge is 2.23. The van der Waals surface area contributed by atoms with Gasteiger partial charge in [-0.2, -0.15) is 15.0 Å². The summed E-state index contributed by atoms with van der Waals surface area (Å²) in [5.41, 5.74) is 0. The number of hydrogen-bond donors (Lipinski definition) is 1. The van der Waals surface area contributed by atoms with Gasteiger partial charge in [0.25, 0.3) is 0 Å². The number of anilines is 1. The molecule has 0 aliphatic carbocycles. The maximum absolute atomic E-state index is 12.3. The Morgan fingerprint density at radius 3 is 2.15 bits per heavy atom. The fourth-order valence-corrected chi connectivity index (χ4v) is 2.24. The molecule has 26 heavy (non-hydrogen) atoms. The molecule has 146 valence electrons. The molecule has 0 fully saturated rings. The number of carbonyl (C=O) groups excluding carboxylic acids is 2. The van der Waals surface area contributed by atoms with E-state index in [0.29, 0.717) is 13.2 Å². The third-order valence-corrected chi connectivity index (χ3v) is 3.65. The number of hydrogen-bond acceptors (Lipinski definition) is 8. The van der Waals surface area contributed by atoms with Crippen LogP contribution in [-0.4, -0.2) is 46.1 Å². The number of halogens is 2. The predicted octanol–water partition coefficient (Wildman–Crippen LogP) is 3.43. The molecule has 1 rings (SSSR count). The fraction of sp³-hybridized carbons (Fsp3) is 0.688. The second-order valence-corrected chi connectivity index (χ2v) is 6.20. The molecule has 1 atom stereocenters. The number of nitrogens with zero attached hydrogens (tertiary/aromatic N) is 3. The van der Waals surface area contributed by atoms with E-state index in [1.54, 1.807) is 0 Å². The van der Waals surface area contributed by atoms with Gasteiger partial charge in [0.2, 0.25) is 16.5 Å². The van der Waals surface area contributed by atoms with Crippen LogP contribution in [0.5, 0.6) is 0 Å². The molecule has 1 heterocycles. The molecule has 0 bridgehead atoms. The Kier molecular flexibility index (Phi) is 10.9. The first-order valence-electron chi connectivity index (χ1n) is 8.62. The monoisotopic (exact) mass is 406 g/mol. The Labute approximate surface area is 163 Å². The van der Waals surface area contributed by atoms with Crippen molar-refractivity contribution in [2.75, 3.05) is 18.5 Å². The summed E-state index contributed by atoms with van der Waals surface area (Å²) in [7, 11) is 0. The summed E-state index contributed by atoms with van der Waals surface area (Å²) >= 11 is 11.5. The van der Waals surface area contributed by atoms with Crippen molar-refractivity contribution in [3.05, 3.63) is 10.6 Å². The lowest BCUT2D eigenvalue weighted by Crippen LogP contribution is -2.33. The van der Waals surface area contributed by atoms with Crippen LogP contribution in [0.2, 0.25) is 10.6 Å². The van der Waals surface area contributed by atoms with Gasteiger partial charge in [0.1, 0.15) is 6.04 Å². The van der Waals surface area contributed by atoms with Crippen molar-refractivity contribution in [2.24, 2.45) is 0 Å². The van der Waals surface area contributed by atoms with Crippen LogP contribution < -0.4 is 5.32 Å². The van der Waals surface area contributed by atoms with Gasteiger partial charge in [-0.15, -0.1) is 0 Å². The van der Waals surface area contributed by atoms with Crippen molar-refractivity contribution in [3.63, 3.8) is 0 Å². The van der Waals surface area contributed by atoms with Crippen molar-refractivity contribution >= 4 is 41.1 Å². The van der Waals surface area contributed by atoms with Crippen LogP contribution in [0.4, 0.5) is 5.95 Å². The fourth-order valence-electron chi connectivity index (χ4n) is 1.88. The van der Waals surface area contributed by atoms with E-state index in [1.807, 2.05) is 13.8 Å². The molecule has 0 saturated heterocycles. The molecule has 0 spiro atoms. The molecule has 1 aromatic heterocycles. The number of aromatic nitrogens is 3. The lowest BCUT2D eigenvalue weighted by Gasteiger charge is -2.17. The minimum Gasteiger partial charge on any atom is -0.466 e. The zero-order valence-electron chi connectivity index (χ0n) is 15.0. The Morgan fingerprint density at radius 2 is 1.58 bits per heavy atom. The van der Waals surface area contributed by atoms with Gasteiger partial charge < -0.3 is 14.8 Å². The Bertz CT molecular complexity index is 569. The van der Waals surface area contributed by atoms with Crippen LogP contribution in [0, 0.1) is 0 Å². The summed E-state index contributed by atoms with van der Waals surface area (Å²) in [6.07, 6.45) is 3.60. The van der Waals surface area contributed by atoms with E-state index in [1.165, 1.54) is 0 Å². The summed E-state index contributed by atoms with van der Waals surface area (Å²) < 4.78 is 10.3. The average molecular weight is 407 g/mol. The molecule has 0 amide bonds. The van der Waals surface area contributed by atoms with Crippen molar-refractivity contribution in [1.82, 2.24) is 15.0 Å². The van der Waals surface area contributed by atoms with E-state index in [0.717, 1.165) is 25.7 Å². The van der Waals surface area contributed by atoms with Gasteiger partial charge in [-0.25, -0.2) is 4.79 Å². The smallest absolute Gasteiger partial charge is 0.328 e. The van der Waals surface area contributed by atoms with Gasteiger partial charge in [-0.05, 0) is 42.5 Å². The molecular formula is C16H24Cl2N4O4. The molecule has 0 unspecified atom stereocenters. The topological polar surface area (TPSA) is 103 Å². The first-order valence-corrected chi connectivity index (χ1v) is 9.37.